The Hall–Kier alpha value is -0.960. The Morgan fingerprint density at radius 1 is 1.28 bits per heavy atom. The van der Waals surface area contributed by atoms with Gasteiger partial charge in [-0.05, 0) is 12.8 Å². The molecule has 0 bridgehead atoms. The maximum Gasteiger partial charge on any atom is 0.350 e. The quantitative estimate of drug-likeness (QED) is 0.235. The number of amidine groups is 1. The fraction of sp³-hybridized carbons (Fsp3) is 0.889. The van der Waals surface area contributed by atoms with Crippen LogP contribution in [0.4, 0.5) is 8.78 Å². The number of hydrogen-bond acceptors (Lipinski definition) is 4. The van der Waals surface area contributed by atoms with Crippen molar-refractivity contribution in [3.05, 3.63) is 0 Å². The van der Waals surface area contributed by atoms with Gasteiger partial charge in [0.25, 0.3) is 10.0 Å². The number of sulfonamides is 1. The fourth-order valence-electron chi connectivity index (χ4n) is 2.16. The van der Waals surface area contributed by atoms with E-state index in [1.807, 2.05) is 4.72 Å². The Morgan fingerprint density at radius 3 is 2.17 bits per heavy atom. The lowest BCUT2D eigenvalue weighted by molar-refractivity contribution is 0.228. The molecule has 0 atom stereocenters. The molecule has 0 heterocycles. The first-order chi connectivity index (χ1) is 8.34. The lowest BCUT2D eigenvalue weighted by atomic mass is 9.90. The Bertz CT molecular complexity index is 403. The van der Waals surface area contributed by atoms with E-state index in [0.29, 0.717) is 12.8 Å². The minimum absolute atomic E-state index is 0.245. The first-order valence-electron chi connectivity index (χ1n) is 5.63. The zero-order valence-electron chi connectivity index (χ0n) is 9.77. The van der Waals surface area contributed by atoms with Gasteiger partial charge >= 0.3 is 5.76 Å². The normalized spacial score (nSPS) is 21.8. The first kappa shape index (κ1) is 15.1. The van der Waals surface area contributed by atoms with Gasteiger partial charge in [0.15, 0.2) is 5.84 Å². The Labute approximate surface area is 104 Å². The zero-order chi connectivity index (χ0) is 13.8. The third-order valence-electron chi connectivity index (χ3n) is 3.13. The summed E-state index contributed by atoms with van der Waals surface area (Å²) in [7, 11) is -4.78. The highest BCUT2D eigenvalue weighted by atomic mass is 32.2. The summed E-state index contributed by atoms with van der Waals surface area (Å²) in [5.41, 5.74) is 4.09. The summed E-state index contributed by atoms with van der Waals surface area (Å²) in [6.07, 6.45) is 3.46. The third kappa shape index (κ3) is 3.29. The lowest BCUT2D eigenvalue weighted by Gasteiger charge is -2.31. The van der Waals surface area contributed by atoms with Crippen molar-refractivity contribution in [2.75, 3.05) is 0 Å². The molecule has 9 heteroatoms. The number of halogens is 2. The van der Waals surface area contributed by atoms with E-state index >= 15 is 0 Å². The van der Waals surface area contributed by atoms with Gasteiger partial charge in [-0.1, -0.05) is 30.8 Å². The van der Waals surface area contributed by atoms with E-state index in [2.05, 4.69) is 5.16 Å². The summed E-state index contributed by atoms with van der Waals surface area (Å²) in [6.45, 7) is 0. The van der Waals surface area contributed by atoms with Gasteiger partial charge in [0.1, 0.15) is 0 Å². The topological polar surface area (TPSA) is 105 Å². The van der Waals surface area contributed by atoms with E-state index in [9.17, 15) is 17.2 Å². The fourth-order valence-corrected chi connectivity index (χ4v) is 3.10. The van der Waals surface area contributed by atoms with E-state index in [0.717, 1.165) is 12.8 Å². The summed E-state index contributed by atoms with van der Waals surface area (Å²) < 4.78 is 49.3. The van der Waals surface area contributed by atoms with Crippen LogP contribution in [0.1, 0.15) is 38.5 Å². The van der Waals surface area contributed by atoms with Crippen LogP contribution in [0, 0.1) is 0 Å². The zero-order valence-corrected chi connectivity index (χ0v) is 10.6. The van der Waals surface area contributed by atoms with Gasteiger partial charge in [0, 0.05) is 0 Å². The van der Waals surface area contributed by atoms with Gasteiger partial charge < -0.3 is 10.9 Å². The molecule has 0 aliphatic heterocycles. The third-order valence-corrected chi connectivity index (χ3v) is 4.27. The summed E-state index contributed by atoms with van der Waals surface area (Å²) in [5.74, 6) is -3.90. The molecule has 4 N–H and O–H groups in total. The predicted octanol–water partition coefficient (Wildman–Crippen LogP) is 0.968. The molecule has 0 spiro atoms. The number of rotatable bonds is 4. The average molecular weight is 285 g/mol. The second-order valence-electron chi connectivity index (χ2n) is 4.39. The van der Waals surface area contributed by atoms with Crippen molar-refractivity contribution >= 4 is 15.9 Å². The van der Waals surface area contributed by atoms with Crippen molar-refractivity contribution in [3.8, 4) is 0 Å². The molecule has 1 rings (SSSR count). The number of hydrogen-bond donors (Lipinski definition) is 3. The smallest absolute Gasteiger partial charge is 0.350 e. The van der Waals surface area contributed by atoms with Crippen molar-refractivity contribution in [2.24, 2.45) is 10.9 Å². The molecule has 0 saturated heterocycles. The molecule has 106 valence electrons. The van der Waals surface area contributed by atoms with Crippen LogP contribution in [0.3, 0.4) is 0 Å². The second kappa shape index (κ2) is 5.79. The van der Waals surface area contributed by atoms with Gasteiger partial charge in [-0.2, -0.15) is 13.5 Å². The van der Waals surface area contributed by atoms with Crippen molar-refractivity contribution in [1.82, 2.24) is 4.72 Å². The monoisotopic (exact) mass is 285 g/mol. The molecular formula is C9H17F2N3O3S. The second-order valence-corrected chi connectivity index (χ2v) is 6.04. The average Bonchev–Trinajstić information content (AvgIpc) is 2.53. The van der Waals surface area contributed by atoms with E-state index in [1.54, 1.807) is 0 Å². The molecule has 1 saturated carbocycles. The summed E-state index contributed by atoms with van der Waals surface area (Å²) in [5, 5.41) is 11.5. The highest BCUT2D eigenvalue weighted by Gasteiger charge is 2.42. The molecular weight excluding hydrogens is 268 g/mol. The van der Waals surface area contributed by atoms with Crippen LogP contribution in [-0.4, -0.2) is 30.8 Å². The predicted molar refractivity (Wildman–Crippen MR) is 61.9 cm³/mol. The first-order valence-corrected chi connectivity index (χ1v) is 7.18. The molecule has 18 heavy (non-hydrogen) atoms. The minimum Gasteiger partial charge on any atom is -0.409 e. The van der Waals surface area contributed by atoms with E-state index in [-0.39, 0.29) is 18.7 Å². The number of nitrogens with two attached hydrogens (primary N) is 1. The van der Waals surface area contributed by atoms with Crippen LogP contribution in [0.5, 0.6) is 0 Å². The van der Waals surface area contributed by atoms with Crippen molar-refractivity contribution in [3.63, 3.8) is 0 Å². The minimum atomic E-state index is -4.78. The molecule has 0 radical (unpaired) electrons. The highest BCUT2D eigenvalue weighted by Crippen LogP contribution is 2.29. The Balaban J connectivity index is 3.05. The van der Waals surface area contributed by atoms with Gasteiger partial charge in [-0.3, -0.25) is 0 Å². The molecule has 0 amide bonds. The Morgan fingerprint density at radius 2 is 1.78 bits per heavy atom. The molecule has 0 aromatic carbocycles. The van der Waals surface area contributed by atoms with Crippen LogP contribution in [0.25, 0.3) is 0 Å². The largest absolute Gasteiger partial charge is 0.409 e. The van der Waals surface area contributed by atoms with Gasteiger partial charge in [0.2, 0.25) is 0 Å². The van der Waals surface area contributed by atoms with E-state index < -0.39 is 21.3 Å². The van der Waals surface area contributed by atoms with Crippen molar-refractivity contribution in [1.29, 1.82) is 0 Å². The Kier molecular flexibility index (Phi) is 4.85. The molecule has 0 unspecified atom stereocenters. The van der Waals surface area contributed by atoms with Crippen molar-refractivity contribution in [2.45, 2.75) is 49.8 Å². The number of nitrogens with one attached hydrogen (secondary N) is 1. The summed E-state index contributed by atoms with van der Waals surface area (Å²) in [4.78, 5) is 0. The van der Waals surface area contributed by atoms with Crippen LogP contribution < -0.4 is 10.5 Å². The number of nitrogens with zero attached hydrogens (tertiary/aromatic N) is 1. The highest BCUT2D eigenvalue weighted by molar-refractivity contribution is 7.89. The molecule has 1 aliphatic carbocycles. The van der Waals surface area contributed by atoms with Crippen LogP contribution in [0.15, 0.2) is 5.16 Å². The maximum absolute atomic E-state index is 12.4. The SMILES string of the molecule is N/C(=N/O)C1(NS(=O)(=O)C(F)F)CCCCCC1. The lowest BCUT2D eigenvalue weighted by Crippen LogP contribution is -2.58. The van der Waals surface area contributed by atoms with E-state index in [4.69, 9.17) is 10.9 Å². The number of oxime groups is 1. The molecule has 0 aromatic rings. The summed E-state index contributed by atoms with van der Waals surface area (Å²) >= 11 is 0. The summed E-state index contributed by atoms with van der Waals surface area (Å²) in [6, 6.07) is 0. The van der Waals surface area contributed by atoms with Crippen LogP contribution >= 0.6 is 0 Å². The van der Waals surface area contributed by atoms with Gasteiger partial charge in [-0.15, -0.1) is 0 Å². The van der Waals surface area contributed by atoms with Gasteiger partial charge in [0.05, 0.1) is 5.54 Å². The van der Waals surface area contributed by atoms with E-state index in [1.165, 1.54) is 0 Å². The molecule has 1 fully saturated rings. The molecule has 6 nitrogen and oxygen atoms in total. The van der Waals surface area contributed by atoms with Crippen LogP contribution in [-0.2, 0) is 10.0 Å². The molecule has 1 aliphatic rings. The number of alkyl halides is 2. The van der Waals surface area contributed by atoms with Crippen molar-refractivity contribution < 1.29 is 22.4 Å². The standard InChI is InChI=1S/C9H17F2N3O3S/c10-8(11)18(16,17)14-9(7(12)13-15)5-3-1-2-4-6-9/h8,14-15H,1-6H2,(H2,12,13). The van der Waals surface area contributed by atoms with Gasteiger partial charge in [-0.25, -0.2) is 8.42 Å². The van der Waals surface area contributed by atoms with Crippen LogP contribution in [0.2, 0.25) is 0 Å². The maximum atomic E-state index is 12.4. The molecule has 0 aromatic heterocycles.